The Hall–Kier alpha value is -1.66. The number of carbonyl (C=O) groups excluding carboxylic acids is 2. The fourth-order valence-electron chi connectivity index (χ4n) is 1.35. The van der Waals surface area contributed by atoms with Gasteiger partial charge in [0.2, 0.25) is 5.91 Å². The van der Waals surface area contributed by atoms with Crippen molar-refractivity contribution < 1.29 is 14.3 Å². The second-order valence-corrected chi connectivity index (χ2v) is 4.60. The van der Waals surface area contributed by atoms with Crippen LogP contribution in [0.3, 0.4) is 0 Å². The van der Waals surface area contributed by atoms with E-state index in [-0.39, 0.29) is 23.9 Å². The zero-order valence-electron chi connectivity index (χ0n) is 10.9. The highest BCUT2D eigenvalue weighted by atomic mass is 35.5. The normalized spacial score (nSPS) is 9.70. The van der Waals surface area contributed by atoms with Gasteiger partial charge in [-0.2, -0.15) is 0 Å². The molecule has 0 unspecified atom stereocenters. The standard InChI is InChI=1S/C13H15ClN2O3S/c1-2-19-12(18)8-7-11(17)16-13(20)15-10-6-4-3-5-9(10)14/h3-6H,2,7-8H2,1H3,(H2,15,16,17,20). The van der Waals surface area contributed by atoms with Crippen molar-refractivity contribution in [1.82, 2.24) is 5.32 Å². The maximum absolute atomic E-state index is 11.6. The average Bonchev–Trinajstić information content (AvgIpc) is 2.39. The summed E-state index contributed by atoms with van der Waals surface area (Å²) in [6.45, 7) is 2.01. The van der Waals surface area contributed by atoms with Crippen molar-refractivity contribution in [2.24, 2.45) is 0 Å². The third-order valence-corrected chi connectivity index (χ3v) is 2.77. The van der Waals surface area contributed by atoms with Gasteiger partial charge in [0, 0.05) is 6.42 Å². The van der Waals surface area contributed by atoms with Crippen LogP contribution in [0.5, 0.6) is 0 Å². The molecule has 1 rings (SSSR count). The highest BCUT2D eigenvalue weighted by molar-refractivity contribution is 7.80. The maximum atomic E-state index is 11.6. The van der Waals surface area contributed by atoms with Crippen LogP contribution in [-0.2, 0) is 14.3 Å². The van der Waals surface area contributed by atoms with Gasteiger partial charge in [-0.15, -0.1) is 0 Å². The molecule has 7 heteroatoms. The predicted molar refractivity (Wildman–Crippen MR) is 81.7 cm³/mol. The molecule has 108 valence electrons. The van der Waals surface area contributed by atoms with Crippen LogP contribution in [-0.4, -0.2) is 23.6 Å². The van der Waals surface area contributed by atoms with Crippen molar-refractivity contribution in [1.29, 1.82) is 0 Å². The Morgan fingerprint density at radius 1 is 1.30 bits per heavy atom. The monoisotopic (exact) mass is 314 g/mol. The van der Waals surface area contributed by atoms with E-state index in [0.29, 0.717) is 17.3 Å². The van der Waals surface area contributed by atoms with E-state index in [1.165, 1.54) is 0 Å². The molecule has 0 saturated heterocycles. The van der Waals surface area contributed by atoms with Crippen LogP contribution in [0.2, 0.25) is 5.02 Å². The summed E-state index contributed by atoms with van der Waals surface area (Å²) < 4.78 is 4.72. The number of thiocarbonyl (C=S) groups is 1. The van der Waals surface area contributed by atoms with Crippen LogP contribution in [0, 0.1) is 0 Å². The van der Waals surface area contributed by atoms with Crippen molar-refractivity contribution >= 4 is 46.5 Å². The van der Waals surface area contributed by atoms with Crippen LogP contribution in [0.4, 0.5) is 5.69 Å². The SMILES string of the molecule is CCOC(=O)CCC(=O)NC(=S)Nc1ccccc1Cl. The van der Waals surface area contributed by atoms with Crippen LogP contribution in [0.25, 0.3) is 0 Å². The molecule has 0 aliphatic rings. The molecule has 5 nitrogen and oxygen atoms in total. The summed E-state index contributed by atoms with van der Waals surface area (Å²) in [5.74, 6) is -0.768. The third kappa shape index (κ3) is 5.99. The number of halogens is 1. The highest BCUT2D eigenvalue weighted by Gasteiger charge is 2.09. The van der Waals surface area contributed by atoms with Gasteiger partial charge >= 0.3 is 5.97 Å². The van der Waals surface area contributed by atoms with E-state index in [4.69, 9.17) is 28.6 Å². The molecule has 2 N–H and O–H groups in total. The molecule has 20 heavy (non-hydrogen) atoms. The second-order valence-electron chi connectivity index (χ2n) is 3.79. The number of para-hydroxylation sites is 1. The fraction of sp³-hybridized carbons (Fsp3) is 0.308. The van der Waals surface area contributed by atoms with E-state index in [2.05, 4.69) is 10.6 Å². The number of carbonyl (C=O) groups is 2. The molecule has 1 aromatic carbocycles. The number of hydrogen-bond acceptors (Lipinski definition) is 4. The summed E-state index contributed by atoms with van der Waals surface area (Å²) in [5, 5.41) is 5.90. The van der Waals surface area contributed by atoms with E-state index in [1.54, 1.807) is 31.2 Å². The lowest BCUT2D eigenvalue weighted by atomic mass is 10.3. The summed E-state index contributed by atoms with van der Waals surface area (Å²) in [5.41, 5.74) is 0.602. The molecular formula is C13H15ClN2O3S. The Labute approximate surface area is 127 Å². The summed E-state index contributed by atoms with van der Waals surface area (Å²) in [4.78, 5) is 22.7. The molecule has 0 spiro atoms. The third-order valence-electron chi connectivity index (χ3n) is 2.24. The maximum Gasteiger partial charge on any atom is 0.306 e. The number of esters is 1. The predicted octanol–water partition coefficient (Wildman–Crippen LogP) is 2.50. The molecule has 0 fully saturated rings. The van der Waals surface area contributed by atoms with E-state index in [0.717, 1.165) is 0 Å². The molecule has 0 bridgehead atoms. The van der Waals surface area contributed by atoms with Crippen LogP contribution >= 0.6 is 23.8 Å². The van der Waals surface area contributed by atoms with Gasteiger partial charge in [0.25, 0.3) is 0 Å². The fourth-order valence-corrected chi connectivity index (χ4v) is 1.76. The Bertz CT molecular complexity index is 508. The van der Waals surface area contributed by atoms with Crippen molar-refractivity contribution in [2.75, 3.05) is 11.9 Å². The smallest absolute Gasteiger partial charge is 0.306 e. The molecule has 0 saturated carbocycles. The van der Waals surface area contributed by atoms with Crippen LogP contribution in [0.15, 0.2) is 24.3 Å². The number of nitrogens with one attached hydrogen (secondary N) is 2. The molecule has 1 aromatic rings. The van der Waals surface area contributed by atoms with Gasteiger partial charge in [0.05, 0.1) is 23.7 Å². The topological polar surface area (TPSA) is 67.4 Å². The summed E-state index contributed by atoms with van der Waals surface area (Å²) >= 11 is 10.9. The molecule has 0 atom stereocenters. The minimum Gasteiger partial charge on any atom is -0.466 e. The first-order chi connectivity index (χ1) is 9.52. The number of anilines is 1. The largest absolute Gasteiger partial charge is 0.466 e. The van der Waals surface area contributed by atoms with E-state index in [9.17, 15) is 9.59 Å². The van der Waals surface area contributed by atoms with Gasteiger partial charge in [-0.25, -0.2) is 0 Å². The zero-order valence-corrected chi connectivity index (χ0v) is 12.5. The quantitative estimate of drug-likeness (QED) is 0.645. The Morgan fingerprint density at radius 3 is 2.65 bits per heavy atom. The molecule has 0 aliphatic carbocycles. The number of amides is 1. The minimum absolute atomic E-state index is 0.0170. The van der Waals surface area contributed by atoms with Gasteiger partial charge in [-0.1, -0.05) is 23.7 Å². The summed E-state index contributed by atoms with van der Waals surface area (Å²) in [6.07, 6.45) is 0.0392. The number of ether oxygens (including phenoxy) is 1. The Morgan fingerprint density at radius 2 is 2.00 bits per heavy atom. The average molecular weight is 315 g/mol. The molecule has 0 heterocycles. The first-order valence-corrected chi connectivity index (χ1v) is 6.82. The lowest BCUT2D eigenvalue weighted by Crippen LogP contribution is -2.34. The van der Waals surface area contributed by atoms with Gasteiger partial charge in [0.1, 0.15) is 0 Å². The van der Waals surface area contributed by atoms with Crippen molar-refractivity contribution in [3.05, 3.63) is 29.3 Å². The lowest BCUT2D eigenvalue weighted by molar-refractivity contribution is -0.144. The molecular weight excluding hydrogens is 300 g/mol. The summed E-state index contributed by atoms with van der Waals surface area (Å²) in [6, 6.07) is 7.02. The highest BCUT2D eigenvalue weighted by Crippen LogP contribution is 2.20. The van der Waals surface area contributed by atoms with E-state index < -0.39 is 5.97 Å². The zero-order chi connectivity index (χ0) is 15.0. The van der Waals surface area contributed by atoms with Crippen molar-refractivity contribution in [3.63, 3.8) is 0 Å². The molecule has 0 aromatic heterocycles. The molecule has 0 aliphatic heterocycles. The molecule has 1 amide bonds. The Balaban J connectivity index is 2.37. The van der Waals surface area contributed by atoms with Crippen molar-refractivity contribution in [3.8, 4) is 0 Å². The van der Waals surface area contributed by atoms with Gasteiger partial charge in [0.15, 0.2) is 5.11 Å². The number of benzene rings is 1. The van der Waals surface area contributed by atoms with Crippen LogP contribution < -0.4 is 10.6 Å². The minimum atomic E-state index is -0.410. The first kappa shape index (κ1) is 16.4. The van der Waals surface area contributed by atoms with Gasteiger partial charge in [-0.05, 0) is 31.3 Å². The number of rotatable bonds is 5. The first-order valence-electron chi connectivity index (χ1n) is 6.04. The van der Waals surface area contributed by atoms with Gasteiger partial charge < -0.3 is 15.4 Å². The summed E-state index contributed by atoms with van der Waals surface area (Å²) in [7, 11) is 0. The molecule has 0 radical (unpaired) electrons. The Kier molecular flexibility index (Phi) is 6.97. The van der Waals surface area contributed by atoms with E-state index >= 15 is 0 Å². The second kappa shape index (κ2) is 8.50. The van der Waals surface area contributed by atoms with E-state index in [1.807, 2.05) is 0 Å². The number of hydrogen-bond donors (Lipinski definition) is 2. The van der Waals surface area contributed by atoms with Crippen LogP contribution in [0.1, 0.15) is 19.8 Å². The lowest BCUT2D eigenvalue weighted by Gasteiger charge is -2.10. The van der Waals surface area contributed by atoms with Crippen molar-refractivity contribution in [2.45, 2.75) is 19.8 Å². The van der Waals surface area contributed by atoms with Gasteiger partial charge in [-0.3, -0.25) is 9.59 Å².